The van der Waals surface area contributed by atoms with Gasteiger partial charge in [-0.2, -0.15) is 0 Å². The first kappa shape index (κ1) is 16.6. The molecule has 2 unspecified atom stereocenters. The van der Waals surface area contributed by atoms with Crippen LogP contribution in [0, 0.1) is 0 Å². The number of carbonyl (C=O) groups excluding carboxylic acids is 1. The molecule has 1 aromatic rings. The number of ether oxygens (including phenoxy) is 1. The van der Waals surface area contributed by atoms with E-state index in [0.29, 0.717) is 25.2 Å². The summed E-state index contributed by atoms with van der Waals surface area (Å²) in [6, 6.07) is -0.780. The van der Waals surface area contributed by atoms with Gasteiger partial charge in [-0.05, 0) is 44.0 Å². The lowest BCUT2D eigenvalue weighted by Crippen LogP contribution is -2.56. The van der Waals surface area contributed by atoms with Crippen LogP contribution in [0.1, 0.15) is 45.5 Å². The molecule has 9 nitrogen and oxygen atoms in total. The maximum Gasteiger partial charge on any atom is 0.410 e. The van der Waals surface area contributed by atoms with Crippen LogP contribution in [0.5, 0.6) is 0 Å². The van der Waals surface area contributed by atoms with Crippen LogP contribution in [0.2, 0.25) is 0 Å². The van der Waals surface area contributed by atoms with Crippen LogP contribution in [0.3, 0.4) is 0 Å². The minimum atomic E-state index is -1.28. The van der Waals surface area contributed by atoms with E-state index in [9.17, 15) is 9.90 Å². The molecule has 0 bridgehead atoms. The van der Waals surface area contributed by atoms with Crippen LogP contribution in [0.4, 0.5) is 4.79 Å². The van der Waals surface area contributed by atoms with Crippen molar-refractivity contribution in [3.63, 3.8) is 0 Å². The number of β-amino-alcohol motifs (C(OH)–C–C–N with tert-alkyl or cyclic N) is 1. The number of tetrazole rings is 1. The number of rotatable bonds is 2. The lowest BCUT2D eigenvalue weighted by Gasteiger charge is -2.42. The van der Waals surface area contributed by atoms with E-state index in [0.717, 1.165) is 0 Å². The summed E-state index contributed by atoms with van der Waals surface area (Å²) in [5.74, 6) is 0.383. The second-order valence-corrected chi connectivity index (χ2v) is 6.75. The number of aromatic nitrogens is 4. The normalized spacial score (nSPS) is 24.2. The molecule has 1 aliphatic heterocycles. The minimum absolute atomic E-state index is 0.0932. The largest absolute Gasteiger partial charge is 0.444 e. The van der Waals surface area contributed by atoms with E-state index in [1.165, 1.54) is 9.58 Å². The van der Waals surface area contributed by atoms with Crippen LogP contribution in [-0.4, -0.2) is 60.6 Å². The van der Waals surface area contributed by atoms with Crippen molar-refractivity contribution in [3.8, 4) is 0 Å². The average Bonchev–Trinajstić information content (AvgIpc) is 2.82. The first-order chi connectivity index (χ1) is 10.1. The SMILES string of the molecule is Cn1nnnc1C(N)C1(O)CCCN(C(=O)OC(C)(C)C)C1. The first-order valence-corrected chi connectivity index (χ1v) is 7.30. The lowest BCUT2D eigenvalue weighted by molar-refractivity contribution is -0.0595. The monoisotopic (exact) mass is 312 g/mol. The number of aryl methyl sites for hydroxylation is 1. The Morgan fingerprint density at radius 3 is 2.73 bits per heavy atom. The van der Waals surface area contributed by atoms with E-state index in [1.807, 2.05) is 0 Å². The molecule has 0 spiro atoms. The van der Waals surface area contributed by atoms with Gasteiger partial charge in [-0.15, -0.1) is 5.10 Å². The summed E-state index contributed by atoms with van der Waals surface area (Å²) >= 11 is 0. The summed E-state index contributed by atoms with van der Waals surface area (Å²) in [5.41, 5.74) is 4.29. The number of likely N-dealkylation sites (tertiary alicyclic amines) is 1. The van der Waals surface area contributed by atoms with Gasteiger partial charge in [0.25, 0.3) is 0 Å². The predicted octanol–water partition coefficient (Wildman–Crippen LogP) is -0.0281. The third-order valence-electron chi connectivity index (χ3n) is 3.66. The van der Waals surface area contributed by atoms with Gasteiger partial charge in [0, 0.05) is 13.6 Å². The highest BCUT2D eigenvalue weighted by Crippen LogP contribution is 2.31. The topological polar surface area (TPSA) is 119 Å². The highest BCUT2D eigenvalue weighted by atomic mass is 16.6. The van der Waals surface area contributed by atoms with Crippen molar-refractivity contribution in [2.24, 2.45) is 12.8 Å². The maximum atomic E-state index is 12.2. The highest BCUT2D eigenvalue weighted by Gasteiger charge is 2.43. The van der Waals surface area contributed by atoms with Crippen LogP contribution in [0.15, 0.2) is 0 Å². The number of nitrogens with two attached hydrogens (primary N) is 1. The predicted molar refractivity (Wildman–Crippen MR) is 77.7 cm³/mol. The van der Waals surface area contributed by atoms with Crippen molar-refractivity contribution in [3.05, 3.63) is 5.82 Å². The number of amides is 1. The molecule has 1 aromatic heterocycles. The molecule has 2 rings (SSSR count). The van der Waals surface area contributed by atoms with Crippen LogP contribution in [0.25, 0.3) is 0 Å². The number of hydrogen-bond donors (Lipinski definition) is 2. The van der Waals surface area contributed by atoms with Crippen molar-refractivity contribution in [1.82, 2.24) is 25.1 Å². The molecule has 2 heterocycles. The Balaban J connectivity index is 2.12. The Morgan fingerprint density at radius 2 is 2.18 bits per heavy atom. The van der Waals surface area contributed by atoms with E-state index in [4.69, 9.17) is 10.5 Å². The summed E-state index contributed by atoms with van der Waals surface area (Å²) < 4.78 is 6.78. The molecule has 0 saturated carbocycles. The van der Waals surface area contributed by atoms with Crippen molar-refractivity contribution < 1.29 is 14.6 Å². The summed E-state index contributed by atoms with van der Waals surface area (Å²) in [5, 5.41) is 22.0. The molecule has 1 aliphatic rings. The molecule has 1 amide bonds. The fourth-order valence-corrected chi connectivity index (χ4v) is 2.54. The quantitative estimate of drug-likeness (QED) is 0.787. The summed E-state index contributed by atoms with van der Waals surface area (Å²) in [6.07, 6.45) is 0.656. The zero-order valence-corrected chi connectivity index (χ0v) is 13.5. The van der Waals surface area contributed by atoms with Gasteiger partial charge in [0.15, 0.2) is 5.82 Å². The Morgan fingerprint density at radius 1 is 1.50 bits per heavy atom. The van der Waals surface area contributed by atoms with E-state index in [1.54, 1.807) is 27.8 Å². The van der Waals surface area contributed by atoms with Gasteiger partial charge in [-0.3, -0.25) is 0 Å². The van der Waals surface area contributed by atoms with Crippen LogP contribution < -0.4 is 5.73 Å². The van der Waals surface area contributed by atoms with Crippen LogP contribution in [-0.2, 0) is 11.8 Å². The molecule has 1 fully saturated rings. The number of piperidine rings is 1. The Labute approximate surface area is 129 Å². The molecule has 124 valence electrons. The summed E-state index contributed by atoms with van der Waals surface area (Å²) in [6.45, 7) is 6.03. The summed E-state index contributed by atoms with van der Waals surface area (Å²) in [7, 11) is 1.66. The maximum absolute atomic E-state index is 12.2. The Hall–Kier alpha value is -1.74. The second kappa shape index (κ2) is 5.81. The summed E-state index contributed by atoms with van der Waals surface area (Å²) in [4.78, 5) is 13.7. The third kappa shape index (κ3) is 3.53. The smallest absolute Gasteiger partial charge is 0.410 e. The molecule has 3 N–H and O–H groups in total. The number of nitrogens with zero attached hydrogens (tertiary/aromatic N) is 5. The third-order valence-corrected chi connectivity index (χ3v) is 3.66. The van der Waals surface area contributed by atoms with Gasteiger partial charge < -0.3 is 20.5 Å². The fourth-order valence-electron chi connectivity index (χ4n) is 2.54. The number of carbonyl (C=O) groups is 1. The van der Waals surface area contributed by atoms with Gasteiger partial charge in [-0.25, -0.2) is 9.48 Å². The van der Waals surface area contributed by atoms with E-state index in [2.05, 4.69) is 15.5 Å². The molecule has 0 radical (unpaired) electrons. The zero-order valence-electron chi connectivity index (χ0n) is 13.5. The van der Waals surface area contributed by atoms with Gasteiger partial charge in [-0.1, -0.05) is 0 Å². The van der Waals surface area contributed by atoms with Crippen molar-refractivity contribution >= 4 is 6.09 Å². The molecular formula is C13H24N6O3. The zero-order chi connectivity index (χ0) is 16.5. The highest BCUT2D eigenvalue weighted by molar-refractivity contribution is 5.68. The van der Waals surface area contributed by atoms with Gasteiger partial charge in [0.05, 0.1) is 12.6 Å². The molecule has 0 aliphatic carbocycles. The first-order valence-electron chi connectivity index (χ1n) is 7.30. The molecule has 22 heavy (non-hydrogen) atoms. The number of hydrogen-bond acceptors (Lipinski definition) is 7. The van der Waals surface area contributed by atoms with Crippen molar-refractivity contribution in [1.29, 1.82) is 0 Å². The standard InChI is InChI=1S/C13H24N6O3/c1-12(2,3)22-11(20)19-7-5-6-13(21,8-19)9(14)10-15-16-17-18(10)4/h9,21H,5-8,14H2,1-4H3. The van der Waals surface area contributed by atoms with Gasteiger partial charge in [0.1, 0.15) is 11.2 Å². The molecule has 9 heteroatoms. The van der Waals surface area contributed by atoms with Gasteiger partial charge in [0.2, 0.25) is 0 Å². The van der Waals surface area contributed by atoms with Gasteiger partial charge >= 0.3 is 6.09 Å². The van der Waals surface area contributed by atoms with Crippen molar-refractivity contribution in [2.75, 3.05) is 13.1 Å². The Bertz CT molecular complexity index is 540. The lowest BCUT2D eigenvalue weighted by atomic mass is 9.85. The average molecular weight is 312 g/mol. The second-order valence-electron chi connectivity index (χ2n) is 6.75. The Kier molecular flexibility index (Phi) is 4.39. The van der Waals surface area contributed by atoms with E-state index in [-0.39, 0.29) is 6.54 Å². The van der Waals surface area contributed by atoms with Crippen LogP contribution >= 0.6 is 0 Å². The van der Waals surface area contributed by atoms with E-state index < -0.39 is 23.3 Å². The minimum Gasteiger partial charge on any atom is -0.444 e. The molecule has 1 saturated heterocycles. The van der Waals surface area contributed by atoms with E-state index >= 15 is 0 Å². The van der Waals surface area contributed by atoms with Crippen molar-refractivity contribution in [2.45, 2.75) is 50.9 Å². The fraction of sp³-hybridized carbons (Fsp3) is 0.846. The molecule has 2 atom stereocenters. The molecular weight excluding hydrogens is 288 g/mol. The molecule has 0 aromatic carbocycles. The number of aliphatic hydroxyl groups is 1.